The number of rotatable bonds is 7. The Morgan fingerprint density at radius 3 is 2.46 bits per heavy atom. The Morgan fingerprint density at radius 2 is 1.88 bits per heavy atom. The number of hydrogen-bond acceptors (Lipinski definition) is 4. The Morgan fingerprint density at radius 1 is 1.19 bits per heavy atom. The summed E-state index contributed by atoms with van der Waals surface area (Å²) in [5, 5.41) is 9.21. The monoisotopic (exact) mass is 441 g/mol. The highest BCUT2D eigenvalue weighted by molar-refractivity contribution is 9.10. The Labute approximate surface area is 161 Å². The van der Waals surface area contributed by atoms with Crippen LogP contribution in [0.4, 0.5) is 0 Å². The number of nitrogens with one attached hydrogen (secondary N) is 1. The van der Waals surface area contributed by atoms with Crippen LogP contribution in [0.25, 0.3) is 0 Å². The lowest BCUT2D eigenvalue weighted by Crippen LogP contribution is -2.26. The molecule has 0 heterocycles. The molecule has 0 amide bonds. The smallest absolute Gasteiger partial charge is 0.336 e. The molecule has 0 fully saturated rings. The fraction of sp³-hybridized carbons (Fsp3) is 0.278. The first kappa shape index (κ1) is 20.4. The molecule has 0 aromatic heterocycles. The van der Waals surface area contributed by atoms with Crippen LogP contribution in [0.1, 0.15) is 27.0 Å². The molecule has 6 nitrogen and oxygen atoms in total. The minimum atomic E-state index is -3.92. The predicted molar refractivity (Wildman–Crippen MR) is 102 cm³/mol. The summed E-state index contributed by atoms with van der Waals surface area (Å²) in [4.78, 5) is 11.1. The van der Waals surface area contributed by atoms with E-state index in [9.17, 15) is 18.3 Å². The fourth-order valence-corrected chi connectivity index (χ4v) is 4.13. The zero-order valence-electron chi connectivity index (χ0n) is 14.7. The summed E-state index contributed by atoms with van der Waals surface area (Å²) >= 11 is 3.11. The summed E-state index contributed by atoms with van der Waals surface area (Å²) in [6.45, 7) is 4.21. The summed E-state index contributed by atoms with van der Waals surface area (Å²) in [5.74, 6) is -1.16. The van der Waals surface area contributed by atoms with E-state index in [0.717, 1.165) is 17.2 Å². The number of hydrogen-bond donors (Lipinski definition) is 2. The van der Waals surface area contributed by atoms with Crippen molar-refractivity contribution in [3.05, 3.63) is 57.1 Å². The van der Waals surface area contributed by atoms with Gasteiger partial charge in [0, 0.05) is 11.0 Å². The van der Waals surface area contributed by atoms with Gasteiger partial charge in [0.2, 0.25) is 10.0 Å². The van der Waals surface area contributed by atoms with Crippen LogP contribution in [0, 0.1) is 13.8 Å². The second kappa shape index (κ2) is 8.20. The number of sulfonamides is 1. The van der Waals surface area contributed by atoms with Gasteiger partial charge in [-0.15, -0.1) is 0 Å². The van der Waals surface area contributed by atoms with Gasteiger partial charge in [-0.3, -0.25) is 0 Å². The zero-order chi connectivity index (χ0) is 19.5. The maximum absolute atomic E-state index is 12.6. The van der Waals surface area contributed by atoms with Gasteiger partial charge in [0.1, 0.15) is 10.6 Å². The van der Waals surface area contributed by atoms with E-state index < -0.39 is 16.0 Å². The third-order valence-electron chi connectivity index (χ3n) is 4.05. The van der Waals surface area contributed by atoms with Crippen molar-refractivity contribution < 1.29 is 23.1 Å². The highest BCUT2D eigenvalue weighted by atomic mass is 79.9. The van der Waals surface area contributed by atoms with E-state index in [0.29, 0.717) is 6.42 Å². The third kappa shape index (κ3) is 4.63. The second-order valence-electron chi connectivity index (χ2n) is 5.85. The van der Waals surface area contributed by atoms with Crippen molar-refractivity contribution >= 4 is 31.9 Å². The Bertz CT molecular complexity index is 941. The summed E-state index contributed by atoms with van der Waals surface area (Å²) in [6.07, 6.45) is 0.519. The van der Waals surface area contributed by atoms with Gasteiger partial charge in [-0.25, -0.2) is 17.9 Å². The first-order chi connectivity index (χ1) is 12.2. The highest BCUT2D eigenvalue weighted by Gasteiger charge is 2.23. The molecule has 0 spiro atoms. The number of aryl methyl sites for hydroxylation is 2. The molecular formula is C18H20BrNO5S. The Hall–Kier alpha value is -1.90. The highest BCUT2D eigenvalue weighted by Crippen LogP contribution is 2.30. The number of halogens is 1. The number of benzene rings is 2. The molecule has 2 aromatic rings. The first-order valence-corrected chi connectivity index (χ1v) is 10.1. The van der Waals surface area contributed by atoms with Gasteiger partial charge in [-0.05, 0) is 65.0 Å². The largest absolute Gasteiger partial charge is 0.495 e. The summed E-state index contributed by atoms with van der Waals surface area (Å²) in [6, 6.07) is 8.40. The number of carbonyl (C=O) groups is 1. The number of carboxylic acid groups (broad SMARTS) is 1. The average molecular weight is 442 g/mol. The molecule has 0 atom stereocenters. The van der Waals surface area contributed by atoms with Gasteiger partial charge >= 0.3 is 5.97 Å². The van der Waals surface area contributed by atoms with E-state index >= 15 is 0 Å². The number of ether oxygens (including phenoxy) is 1. The lowest BCUT2D eigenvalue weighted by Gasteiger charge is -2.13. The fourth-order valence-electron chi connectivity index (χ4n) is 2.44. The van der Waals surface area contributed by atoms with Crippen LogP contribution in [0.15, 0.2) is 39.7 Å². The van der Waals surface area contributed by atoms with Gasteiger partial charge in [-0.1, -0.05) is 18.2 Å². The summed E-state index contributed by atoms with van der Waals surface area (Å²) in [7, 11) is -2.59. The molecular weight excluding hydrogens is 422 g/mol. The lowest BCUT2D eigenvalue weighted by molar-refractivity contribution is 0.0695. The van der Waals surface area contributed by atoms with Gasteiger partial charge < -0.3 is 9.84 Å². The van der Waals surface area contributed by atoms with E-state index in [-0.39, 0.29) is 27.2 Å². The molecule has 2 N–H and O–H groups in total. The first-order valence-electron chi connectivity index (χ1n) is 7.82. The molecule has 8 heteroatoms. The Balaban J connectivity index is 2.22. The van der Waals surface area contributed by atoms with Crippen LogP contribution < -0.4 is 9.46 Å². The predicted octanol–water partition coefficient (Wildman–Crippen LogP) is 3.29. The van der Waals surface area contributed by atoms with Crippen LogP contribution in [0.5, 0.6) is 5.75 Å². The molecule has 140 valence electrons. The number of aromatic carboxylic acids is 1. The normalized spacial score (nSPS) is 11.4. The van der Waals surface area contributed by atoms with E-state index in [2.05, 4.69) is 20.7 Å². The molecule has 0 saturated heterocycles. The van der Waals surface area contributed by atoms with Crippen molar-refractivity contribution in [2.75, 3.05) is 13.7 Å². The second-order valence-corrected chi connectivity index (χ2v) is 8.44. The maximum Gasteiger partial charge on any atom is 0.336 e. The van der Waals surface area contributed by atoms with Crippen molar-refractivity contribution in [3.8, 4) is 5.75 Å². The standard InChI is InChI=1S/C18H20BrNO5S/c1-11-4-5-13(8-12(11)2)6-7-20-26(23,24)17-9-14(18(21)22)15(19)10-16(17)25-3/h4-5,8-10,20H,6-7H2,1-3H3,(H,21,22). The van der Waals surface area contributed by atoms with Crippen molar-refractivity contribution in [1.29, 1.82) is 0 Å². The molecule has 0 aliphatic heterocycles. The van der Waals surface area contributed by atoms with Crippen molar-refractivity contribution in [1.82, 2.24) is 4.72 Å². The molecule has 0 radical (unpaired) electrons. The SMILES string of the molecule is COc1cc(Br)c(C(=O)O)cc1S(=O)(=O)NCCc1ccc(C)c(C)c1. The van der Waals surface area contributed by atoms with E-state index in [1.165, 1.54) is 18.7 Å². The van der Waals surface area contributed by atoms with E-state index in [1.54, 1.807) is 0 Å². The van der Waals surface area contributed by atoms with E-state index in [1.807, 2.05) is 32.0 Å². The van der Waals surface area contributed by atoms with Crippen molar-refractivity contribution in [2.45, 2.75) is 25.2 Å². The van der Waals surface area contributed by atoms with Crippen LogP contribution in [-0.2, 0) is 16.4 Å². The third-order valence-corrected chi connectivity index (χ3v) is 6.19. The van der Waals surface area contributed by atoms with Gasteiger partial charge in [0.05, 0.1) is 12.7 Å². The van der Waals surface area contributed by atoms with Gasteiger partial charge in [0.25, 0.3) is 0 Å². The topological polar surface area (TPSA) is 92.7 Å². The molecule has 0 aliphatic carbocycles. The quantitative estimate of drug-likeness (QED) is 0.687. The minimum absolute atomic E-state index is 0.0700. The lowest BCUT2D eigenvalue weighted by atomic mass is 10.0. The van der Waals surface area contributed by atoms with Crippen molar-refractivity contribution in [2.24, 2.45) is 0 Å². The molecule has 0 saturated carbocycles. The van der Waals surface area contributed by atoms with Gasteiger partial charge in [0.15, 0.2) is 0 Å². The molecule has 2 rings (SSSR count). The number of carboxylic acids is 1. The van der Waals surface area contributed by atoms with Crippen LogP contribution >= 0.6 is 15.9 Å². The molecule has 0 unspecified atom stereocenters. The van der Waals surface area contributed by atoms with Crippen LogP contribution in [0.3, 0.4) is 0 Å². The Kier molecular flexibility index (Phi) is 6.44. The van der Waals surface area contributed by atoms with Gasteiger partial charge in [-0.2, -0.15) is 0 Å². The maximum atomic E-state index is 12.6. The molecule has 0 bridgehead atoms. The van der Waals surface area contributed by atoms with Crippen LogP contribution in [0.2, 0.25) is 0 Å². The summed E-state index contributed by atoms with van der Waals surface area (Å²) < 4.78 is 33.1. The van der Waals surface area contributed by atoms with Crippen molar-refractivity contribution in [3.63, 3.8) is 0 Å². The average Bonchev–Trinajstić information content (AvgIpc) is 2.57. The minimum Gasteiger partial charge on any atom is -0.495 e. The van der Waals surface area contributed by atoms with Crippen LogP contribution in [-0.4, -0.2) is 33.1 Å². The molecule has 0 aliphatic rings. The molecule has 2 aromatic carbocycles. The van der Waals surface area contributed by atoms with E-state index in [4.69, 9.17) is 4.74 Å². The molecule has 26 heavy (non-hydrogen) atoms. The number of methoxy groups -OCH3 is 1. The summed E-state index contributed by atoms with van der Waals surface area (Å²) in [5.41, 5.74) is 3.19. The zero-order valence-corrected chi connectivity index (χ0v) is 17.1.